The number of hydrogen-bond acceptors (Lipinski definition) is 3. The lowest BCUT2D eigenvalue weighted by Gasteiger charge is -2.11. The van der Waals surface area contributed by atoms with Gasteiger partial charge in [0.1, 0.15) is 0 Å². The number of amides is 1. The number of carbonyl (C=O) groups excluding carboxylic acids is 1. The molecule has 0 saturated carbocycles. The van der Waals surface area contributed by atoms with E-state index in [1.54, 1.807) is 0 Å². The quantitative estimate of drug-likeness (QED) is 0.394. The molecule has 0 aromatic heterocycles. The Balaban J connectivity index is 2.62. The van der Waals surface area contributed by atoms with E-state index >= 15 is 0 Å². The van der Waals surface area contributed by atoms with Crippen LogP contribution in [0.15, 0.2) is 24.3 Å². The number of nitrogens with two attached hydrogens (primary N) is 2. The van der Waals surface area contributed by atoms with E-state index < -0.39 is 0 Å². The van der Waals surface area contributed by atoms with Gasteiger partial charge in [0, 0.05) is 12.5 Å². The smallest absolute Gasteiger partial charge is 0.235 e. The van der Waals surface area contributed by atoms with Gasteiger partial charge in [0.15, 0.2) is 0 Å². The summed E-state index contributed by atoms with van der Waals surface area (Å²) in [5.41, 5.74) is 10.2. The van der Waals surface area contributed by atoms with Crippen LogP contribution in [-0.4, -0.2) is 5.91 Å². The van der Waals surface area contributed by atoms with Gasteiger partial charge in [-0.25, -0.2) is 5.84 Å². The van der Waals surface area contributed by atoms with Crippen molar-refractivity contribution in [2.45, 2.75) is 32.2 Å². The lowest BCUT2D eigenvalue weighted by Crippen LogP contribution is -2.32. The lowest BCUT2D eigenvalue weighted by atomic mass is 10.0. The summed E-state index contributed by atoms with van der Waals surface area (Å²) in [6.07, 6.45) is 2.41. The molecule has 0 radical (unpaired) electrons. The zero-order valence-electron chi connectivity index (χ0n) is 9.57. The Morgan fingerprint density at radius 2 is 2.00 bits per heavy atom. The SMILES string of the molecule is CCCc1ccc(C(N)CC(=O)NN)cc1. The monoisotopic (exact) mass is 221 g/mol. The first-order valence-electron chi connectivity index (χ1n) is 5.51. The van der Waals surface area contributed by atoms with Crippen LogP contribution in [0.4, 0.5) is 0 Å². The molecule has 1 rings (SSSR count). The molecule has 88 valence electrons. The molecule has 0 fully saturated rings. The van der Waals surface area contributed by atoms with E-state index in [9.17, 15) is 4.79 Å². The second-order valence-corrected chi connectivity index (χ2v) is 3.87. The topological polar surface area (TPSA) is 81.1 Å². The molecule has 5 N–H and O–H groups in total. The van der Waals surface area contributed by atoms with Crippen molar-refractivity contribution < 1.29 is 4.79 Å². The van der Waals surface area contributed by atoms with E-state index in [1.165, 1.54) is 5.56 Å². The van der Waals surface area contributed by atoms with Crippen LogP contribution < -0.4 is 17.0 Å². The number of carbonyl (C=O) groups is 1. The highest BCUT2D eigenvalue weighted by molar-refractivity contribution is 5.76. The zero-order valence-corrected chi connectivity index (χ0v) is 9.57. The number of hydrogen-bond donors (Lipinski definition) is 3. The Kier molecular flexibility index (Phi) is 4.95. The number of benzene rings is 1. The molecule has 0 spiro atoms. The van der Waals surface area contributed by atoms with Gasteiger partial charge in [0.2, 0.25) is 5.91 Å². The first-order chi connectivity index (χ1) is 7.67. The minimum Gasteiger partial charge on any atom is -0.324 e. The number of hydrazine groups is 1. The molecule has 1 atom stereocenters. The molecule has 0 saturated heterocycles. The van der Waals surface area contributed by atoms with Gasteiger partial charge < -0.3 is 5.73 Å². The molecule has 1 amide bonds. The standard InChI is InChI=1S/C12H19N3O/c1-2-3-9-4-6-10(7-5-9)11(13)8-12(16)15-14/h4-7,11H,2-3,8,13-14H2,1H3,(H,15,16). The van der Waals surface area contributed by atoms with Crippen LogP contribution in [0.2, 0.25) is 0 Å². The number of nitrogens with one attached hydrogen (secondary N) is 1. The molecule has 16 heavy (non-hydrogen) atoms. The largest absolute Gasteiger partial charge is 0.324 e. The van der Waals surface area contributed by atoms with Crippen LogP contribution >= 0.6 is 0 Å². The molecule has 1 unspecified atom stereocenters. The van der Waals surface area contributed by atoms with E-state index in [4.69, 9.17) is 11.6 Å². The van der Waals surface area contributed by atoms with Gasteiger partial charge >= 0.3 is 0 Å². The Bertz CT molecular complexity index is 335. The summed E-state index contributed by atoms with van der Waals surface area (Å²) in [4.78, 5) is 11.0. The second-order valence-electron chi connectivity index (χ2n) is 3.87. The van der Waals surface area contributed by atoms with Crippen LogP contribution in [0.5, 0.6) is 0 Å². The summed E-state index contributed by atoms with van der Waals surface area (Å²) in [6.45, 7) is 2.14. The van der Waals surface area contributed by atoms with Gasteiger partial charge in [0.25, 0.3) is 0 Å². The molecular weight excluding hydrogens is 202 g/mol. The van der Waals surface area contributed by atoms with Crippen molar-refractivity contribution in [2.24, 2.45) is 11.6 Å². The lowest BCUT2D eigenvalue weighted by molar-refractivity contribution is -0.121. The van der Waals surface area contributed by atoms with Crippen molar-refractivity contribution in [2.75, 3.05) is 0 Å². The summed E-state index contributed by atoms with van der Waals surface area (Å²) in [7, 11) is 0. The van der Waals surface area contributed by atoms with E-state index in [-0.39, 0.29) is 18.4 Å². The maximum atomic E-state index is 11.0. The van der Waals surface area contributed by atoms with Crippen LogP contribution in [0, 0.1) is 0 Å². The molecule has 0 aliphatic carbocycles. The third-order valence-electron chi connectivity index (χ3n) is 2.51. The summed E-state index contributed by atoms with van der Waals surface area (Å²) in [5, 5.41) is 0. The highest BCUT2D eigenvalue weighted by Crippen LogP contribution is 2.15. The third kappa shape index (κ3) is 3.64. The summed E-state index contributed by atoms with van der Waals surface area (Å²) >= 11 is 0. The van der Waals surface area contributed by atoms with Crippen molar-refractivity contribution in [3.63, 3.8) is 0 Å². The van der Waals surface area contributed by atoms with E-state index in [2.05, 4.69) is 24.5 Å². The van der Waals surface area contributed by atoms with Gasteiger partial charge in [-0.3, -0.25) is 10.2 Å². The predicted octanol–water partition coefficient (Wildman–Crippen LogP) is 1.02. The van der Waals surface area contributed by atoms with Crippen molar-refractivity contribution in [3.8, 4) is 0 Å². The maximum absolute atomic E-state index is 11.0. The molecular formula is C12H19N3O. The van der Waals surface area contributed by atoms with Crippen LogP contribution in [0.25, 0.3) is 0 Å². The fourth-order valence-electron chi connectivity index (χ4n) is 1.60. The van der Waals surface area contributed by atoms with Gasteiger partial charge in [-0.1, -0.05) is 37.6 Å². The molecule has 4 nitrogen and oxygen atoms in total. The molecule has 0 bridgehead atoms. The fraction of sp³-hybridized carbons (Fsp3) is 0.417. The first kappa shape index (κ1) is 12.7. The normalized spacial score (nSPS) is 12.2. The highest BCUT2D eigenvalue weighted by Gasteiger charge is 2.10. The van der Waals surface area contributed by atoms with Crippen molar-refractivity contribution >= 4 is 5.91 Å². The maximum Gasteiger partial charge on any atom is 0.235 e. The minimum absolute atomic E-state index is 0.212. The van der Waals surface area contributed by atoms with E-state index in [1.807, 2.05) is 12.1 Å². The van der Waals surface area contributed by atoms with Crippen LogP contribution in [-0.2, 0) is 11.2 Å². The van der Waals surface area contributed by atoms with Crippen molar-refractivity contribution in [1.82, 2.24) is 5.43 Å². The zero-order chi connectivity index (χ0) is 12.0. The molecule has 1 aromatic carbocycles. The Hall–Kier alpha value is -1.39. The number of rotatable bonds is 5. The average Bonchev–Trinajstić information content (AvgIpc) is 2.30. The minimum atomic E-state index is -0.292. The van der Waals surface area contributed by atoms with Crippen molar-refractivity contribution in [3.05, 3.63) is 35.4 Å². The van der Waals surface area contributed by atoms with Crippen LogP contribution in [0.1, 0.15) is 36.9 Å². The van der Waals surface area contributed by atoms with Gasteiger partial charge in [-0.2, -0.15) is 0 Å². The molecule has 1 aromatic rings. The molecule has 4 heteroatoms. The molecule has 0 heterocycles. The van der Waals surface area contributed by atoms with Gasteiger partial charge in [0.05, 0.1) is 0 Å². The Labute approximate surface area is 96.0 Å². The molecule has 0 aliphatic heterocycles. The fourth-order valence-corrected chi connectivity index (χ4v) is 1.60. The van der Waals surface area contributed by atoms with E-state index in [0.717, 1.165) is 18.4 Å². The molecule has 0 aliphatic rings. The summed E-state index contributed by atoms with van der Waals surface area (Å²) in [5.74, 6) is 4.76. The van der Waals surface area contributed by atoms with Gasteiger partial charge in [-0.15, -0.1) is 0 Å². The number of aryl methyl sites for hydroxylation is 1. The second kappa shape index (κ2) is 6.25. The summed E-state index contributed by atoms with van der Waals surface area (Å²) < 4.78 is 0. The first-order valence-corrected chi connectivity index (χ1v) is 5.51. The highest BCUT2D eigenvalue weighted by atomic mass is 16.2. The van der Waals surface area contributed by atoms with Crippen molar-refractivity contribution in [1.29, 1.82) is 0 Å². The Morgan fingerprint density at radius 1 is 1.38 bits per heavy atom. The Morgan fingerprint density at radius 3 is 2.50 bits per heavy atom. The third-order valence-corrected chi connectivity index (χ3v) is 2.51. The predicted molar refractivity (Wildman–Crippen MR) is 64.3 cm³/mol. The summed E-state index contributed by atoms with van der Waals surface area (Å²) in [6, 6.07) is 7.76. The van der Waals surface area contributed by atoms with Crippen LogP contribution in [0.3, 0.4) is 0 Å². The van der Waals surface area contributed by atoms with Gasteiger partial charge in [-0.05, 0) is 17.5 Å². The van der Waals surface area contributed by atoms with E-state index in [0.29, 0.717) is 0 Å². The average molecular weight is 221 g/mol.